The van der Waals surface area contributed by atoms with Gasteiger partial charge >= 0.3 is 0 Å². The van der Waals surface area contributed by atoms with Gasteiger partial charge in [0.05, 0.1) is 5.70 Å². The van der Waals surface area contributed by atoms with Crippen molar-refractivity contribution in [1.29, 1.82) is 0 Å². The second-order valence-electron chi connectivity index (χ2n) is 9.69. The summed E-state index contributed by atoms with van der Waals surface area (Å²) in [5.74, 6) is 1.98. The number of hydrogen-bond donors (Lipinski definition) is 1. The second-order valence-corrected chi connectivity index (χ2v) is 9.69. The minimum atomic E-state index is -0.118. The molecular formula is C32H28N2O2. The predicted molar refractivity (Wildman–Crippen MR) is 147 cm³/mol. The topological polar surface area (TPSA) is 50.7 Å². The molecule has 4 aromatic carbocycles. The lowest BCUT2D eigenvalue weighted by Crippen LogP contribution is -2.22. The lowest BCUT2D eigenvalue weighted by Gasteiger charge is -2.13. The van der Waals surface area contributed by atoms with Gasteiger partial charge in [-0.25, -0.2) is 0 Å². The highest BCUT2D eigenvalue weighted by atomic mass is 16.5. The quantitative estimate of drug-likeness (QED) is 0.291. The maximum atomic E-state index is 12.9. The Bertz CT molecular complexity index is 1530. The molecule has 0 saturated carbocycles. The summed E-state index contributed by atoms with van der Waals surface area (Å²) in [4.78, 5) is 17.6. The summed E-state index contributed by atoms with van der Waals surface area (Å²) in [5.41, 5.74) is 6.96. The van der Waals surface area contributed by atoms with Crippen molar-refractivity contribution in [2.75, 3.05) is 6.54 Å². The van der Waals surface area contributed by atoms with Gasteiger partial charge in [0, 0.05) is 28.5 Å². The van der Waals surface area contributed by atoms with Crippen LogP contribution >= 0.6 is 0 Å². The van der Waals surface area contributed by atoms with Crippen LogP contribution in [0.1, 0.15) is 48.4 Å². The summed E-state index contributed by atoms with van der Waals surface area (Å²) in [5, 5.41) is 5.23. The summed E-state index contributed by atoms with van der Waals surface area (Å²) in [6, 6.07) is 28.9. The molecule has 6 rings (SSSR count). The number of benzene rings is 4. The number of aryl methyl sites for hydroxylation is 1. The van der Waals surface area contributed by atoms with Gasteiger partial charge in [0.1, 0.15) is 17.2 Å². The maximum absolute atomic E-state index is 12.9. The van der Waals surface area contributed by atoms with Gasteiger partial charge in [-0.05, 0) is 59.7 Å². The average Bonchev–Trinajstić information content (AvgIpc) is 3.38. The van der Waals surface area contributed by atoms with Crippen LogP contribution in [0.2, 0.25) is 0 Å². The molecule has 0 atom stereocenters. The van der Waals surface area contributed by atoms with Crippen LogP contribution in [0.25, 0.3) is 22.0 Å². The smallest absolute Gasteiger partial charge is 0.274 e. The molecule has 0 unspecified atom stereocenters. The zero-order valence-electron chi connectivity index (χ0n) is 20.5. The molecule has 0 aromatic heterocycles. The van der Waals surface area contributed by atoms with Crippen LogP contribution in [0.15, 0.2) is 89.9 Å². The molecule has 36 heavy (non-hydrogen) atoms. The van der Waals surface area contributed by atoms with Crippen LogP contribution in [0.5, 0.6) is 11.5 Å². The Morgan fingerprint density at radius 2 is 1.67 bits per heavy atom. The minimum Gasteiger partial charge on any atom is -0.457 e. The van der Waals surface area contributed by atoms with Crippen LogP contribution in [0, 0.1) is 0 Å². The van der Waals surface area contributed by atoms with Crippen LogP contribution in [-0.2, 0) is 11.2 Å². The first kappa shape index (κ1) is 22.3. The molecule has 1 amide bonds. The van der Waals surface area contributed by atoms with E-state index in [-0.39, 0.29) is 5.91 Å². The Labute approximate surface area is 211 Å². The molecule has 1 aliphatic carbocycles. The Morgan fingerprint density at radius 3 is 2.44 bits per heavy atom. The summed E-state index contributed by atoms with van der Waals surface area (Å²) >= 11 is 0. The van der Waals surface area contributed by atoms with E-state index in [1.165, 1.54) is 11.1 Å². The summed E-state index contributed by atoms with van der Waals surface area (Å²) in [6.45, 7) is 4.98. The summed E-state index contributed by atoms with van der Waals surface area (Å²) in [7, 11) is 0. The number of nitrogens with zero attached hydrogens (tertiary/aromatic N) is 1. The number of aliphatic imine (C=N–C) groups is 1. The van der Waals surface area contributed by atoms with Gasteiger partial charge in [-0.15, -0.1) is 0 Å². The summed E-state index contributed by atoms with van der Waals surface area (Å²) in [6.07, 6.45) is 1.84. The van der Waals surface area contributed by atoms with Crippen molar-refractivity contribution in [3.63, 3.8) is 0 Å². The molecule has 1 aliphatic heterocycles. The summed E-state index contributed by atoms with van der Waals surface area (Å²) < 4.78 is 6.32. The number of fused-ring (bicyclic) bond motifs is 2. The number of amides is 1. The molecule has 2 aliphatic rings. The molecule has 1 N–H and O–H groups in total. The van der Waals surface area contributed by atoms with Gasteiger partial charge in [-0.2, -0.15) is 0 Å². The fourth-order valence-corrected chi connectivity index (χ4v) is 5.13. The third kappa shape index (κ3) is 3.89. The first-order chi connectivity index (χ1) is 17.6. The average molecular weight is 473 g/mol. The fourth-order valence-electron chi connectivity index (χ4n) is 5.13. The molecule has 0 fully saturated rings. The third-order valence-corrected chi connectivity index (χ3v) is 6.99. The first-order valence-electron chi connectivity index (χ1n) is 12.6. The van der Waals surface area contributed by atoms with Crippen molar-refractivity contribution in [3.8, 4) is 11.5 Å². The highest BCUT2D eigenvalue weighted by Gasteiger charge is 2.37. The Kier molecular flexibility index (Phi) is 5.65. The molecule has 1 heterocycles. The van der Waals surface area contributed by atoms with Crippen LogP contribution in [-0.4, -0.2) is 18.2 Å². The molecule has 0 bridgehead atoms. The van der Waals surface area contributed by atoms with E-state index in [0.717, 1.165) is 57.5 Å². The number of ether oxygens (including phenoxy) is 1. The molecular weight excluding hydrogens is 444 g/mol. The molecule has 178 valence electrons. The lowest BCUT2D eigenvalue weighted by molar-refractivity contribution is -0.113. The molecule has 4 nitrogen and oxygen atoms in total. The molecule has 0 radical (unpaired) electrons. The Morgan fingerprint density at radius 1 is 0.861 bits per heavy atom. The van der Waals surface area contributed by atoms with Crippen molar-refractivity contribution in [3.05, 3.63) is 107 Å². The van der Waals surface area contributed by atoms with E-state index in [9.17, 15) is 4.79 Å². The highest BCUT2D eigenvalue weighted by Crippen LogP contribution is 2.47. The maximum Gasteiger partial charge on any atom is 0.274 e. The van der Waals surface area contributed by atoms with Gasteiger partial charge in [0.2, 0.25) is 0 Å². The largest absolute Gasteiger partial charge is 0.457 e. The van der Waals surface area contributed by atoms with E-state index in [4.69, 9.17) is 9.73 Å². The van der Waals surface area contributed by atoms with Gasteiger partial charge in [0.25, 0.3) is 5.91 Å². The molecule has 4 aromatic rings. The number of carbonyl (C=O) groups is 1. The van der Waals surface area contributed by atoms with E-state index in [1.54, 1.807) is 0 Å². The normalized spacial score (nSPS) is 15.2. The van der Waals surface area contributed by atoms with Crippen LogP contribution in [0.4, 0.5) is 0 Å². The van der Waals surface area contributed by atoms with E-state index in [1.807, 2.05) is 30.3 Å². The number of nitrogens with one attached hydrogen (secondary N) is 1. The molecule has 4 heteroatoms. The van der Waals surface area contributed by atoms with Crippen LogP contribution < -0.4 is 10.1 Å². The van der Waals surface area contributed by atoms with Gasteiger partial charge < -0.3 is 10.1 Å². The molecule has 0 spiro atoms. The number of rotatable bonds is 7. The fraction of sp³-hybridized carbons (Fsp3) is 0.188. The number of carbonyl (C=O) groups excluding carboxylic acids is 1. The SMILES string of the molecule is CC(C)c1ccc(Oc2ccc3c4c(cccc24)C2=C3C(=NCCCc3ccccc3)C(=O)N2)cc1. The van der Waals surface area contributed by atoms with E-state index in [2.05, 4.69) is 73.8 Å². The van der Waals surface area contributed by atoms with Gasteiger partial charge in [-0.1, -0.05) is 74.5 Å². The van der Waals surface area contributed by atoms with Crippen molar-refractivity contribution in [2.24, 2.45) is 4.99 Å². The van der Waals surface area contributed by atoms with Crippen molar-refractivity contribution in [2.45, 2.75) is 32.6 Å². The second kappa shape index (κ2) is 9.12. The Hall–Kier alpha value is -4.18. The van der Waals surface area contributed by atoms with Gasteiger partial charge in [-0.3, -0.25) is 9.79 Å². The van der Waals surface area contributed by atoms with Crippen molar-refractivity contribution in [1.82, 2.24) is 5.32 Å². The number of hydrogen-bond acceptors (Lipinski definition) is 3. The Balaban J connectivity index is 1.29. The van der Waals surface area contributed by atoms with Gasteiger partial charge in [0.15, 0.2) is 0 Å². The lowest BCUT2D eigenvalue weighted by atomic mass is 9.99. The highest BCUT2D eigenvalue weighted by molar-refractivity contribution is 6.64. The van der Waals surface area contributed by atoms with E-state index < -0.39 is 0 Å². The first-order valence-corrected chi connectivity index (χ1v) is 12.6. The predicted octanol–water partition coefficient (Wildman–Crippen LogP) is 7.14. The zero-order chi connectivity index (χ0) is 24.6. The third-order valence-electron chi connectivity index (χ3n) is 6.99. The van der Waals surface area contributed by atoms with Crippen LogP contribution in [0.3, 0.4) is 0 Å². The van der Waals surface area contributed by atoms with E-state index in [0.29, 0.717) is 18.2 Å². The molecule has 0 saturated heterocycles. The monoisotopic (exact) mass is 472 g/mol. The standard InChI is InChI=1S/C32H28N2O2/c1-20(2)22-13-15-23(16-14-22)36-27-18-17-25-28-24(27)11-6-12-26(28)30-29(25)31(32(35)34-30)33-19-7-10-21-8-4-3-5-9-21/h3-6,8-9,11-18,20H,7,10,19H2,1-2H3,(H,33,34,35). The zero-order valence-corrected chi connectivity index (χ0v) is 20.5. The van der Waals surface area contributed by atoms with E-state index >= 15 is 0 Å². The van der Waals surface area contributed by atoms with Crippen molar-refractivity contribution < 1.29 is 9.53 Å². The van der Waals surface area contributed by atoms with Crippen molar-refractivity contribution >= 4 is 33.7 Å². The minimum absolute atomic E-state index is 0.118.